The smallest absolute Gasteiger partial charge is 0.259 e. The molecule has 1 fully saturated rings. The van der Waals surface area contributed by atoms with Crippen molar-refractivity contribution < 1.29 is 9.26 Å². The van der Waals surface area contributed by atoms with Gasteiger partial charge in [-0.3, -0.25) is 9.88 Å². The van der Waals surface area contributed by atoms with Crippen molar-refractivity contribution in [2.75, 3.05) is 26.8 Å². The number of piperidine rings is 1. The van der Waals surface area contributed by atoms with Crippen molar-refractivity contribution in [1.29, 1.82) is 0 Å². The molecule has 1 aliphatic rings. The molecule has 148 valence electrons. The van der Waals surface area contributed by atoms with Crippen LogP contribution in [-0.2, 0) is 23.7 Å². The molecule has 0 amide bonds. The van der Waals surface area contributed by atoms with Crippen molar-refractivity contribution in [1.82, 2.24) is 24.6 Å². The zero-order valence-corrected chi connectivity index (χ0v) is 16.5. The Hall–Kier alpha value is -2.51. The standard InChI is InChI=1S/C21H27N5O2/c1-25-11-4-6-18(25)16-26-12-7-21(8-13-26,9-14-27-2)20-23-19(28-24-20)17-5-3-10-22-15-17/h3-6,10-11,15H,7-9,12-14,16H2,1-2H3. The number of hydrogen-bond donors (Lipinski definition) is 0. The predicted molar refractivity (Wildman–Crippen MR) is 106 cm³/mol. The topological polar surface area (TPSA) is 69.2 Å². The van der Waals surface area contributed by atoms with Gasteiger partial charge in [0.15, 0.2) is 5.82 Å². The lowest BCUT2D eigenvalue weighted by Crippen LogP contribution is -2.43. The number of pyridine rings is 1. The molecule has 0 spiro atoms. The number of methoxy groups -OCH3 is 1. The van der Waals surface area contributed by atoms with Gasteiger partial charge in [-0.2, -0.15) is 4.98 Å². The highest BCUT2D eigenvalue weighted by atomic mass is 16.5. The summed E-state index contributed by atoms with van der Waals surface area (Å²) in [5.41, 5.74) is 2.08. The van der Waals surface area contributed by atoms with Crippen LogP contribution in [0.2, 0.25) is 0 Å². The molecule has 7 nitrogen and oxygen atoms in total. The van der Waals surface area contributed by atoms with Gasteiger partial charge in [0.1, 0.15) is 0 Å². The van der Waals surface area contributed by atoms with Crippen LogP contribution in [0.3, 0.4) is 0 Å². The second-order valence-electron chi connectivity index (χ2n) is 7.57. The molecule has 0 atom stereocenters. The zero-order valence-electron chi connectivity index (χ0n) is 16.5. The lowest BCUT2D eigenvalue weighted by Gasteiger charge is -2.39. The van der Waals surface area contributed by atoms with Gasteiger partial charge >= 0.3 is 0 Å². The maximum atomic E-state index is 5.58. The Morgan fingerprint density at radius 3 is 2.75 bits per heavy atom. The molecule has 1 saturated heterocycles. The minimum atomic E-state index is -0.106. The average Bonchev–Trinajstić information content (AvgIpc) is 3.39. The first-order valence-electron chi connectivity index (χ1n) is 9.76. The Morgan fingerprint density at radius 2 is 2.07 bits per heavy atom. The molecule has 3 aromatic heterocycles. The molecule has 0 aliphatic carbocycles. The fourth-order valence-corrected chi connectivity index (χ4v) is 3.96. The third-order valence-corrected chi connectivity index (χ3v) is 5.84. The maximum absolute atomic E-state index is 5.58. The van der Waals surface area contributed by atoms with Gasteiger partial charge in [0.2, 0.25) is 0 Å². The van der Waals surface area contributed by atoms with Gasteiger partial charge < -0.3 is 13.8 Å². The molecule has 4 heterocycles. The van der Waals surface area contributed by atoms with E-state index in [1.807, 2.05) is 12.1 Å². The summed E-state index contributed by atoms with van der Waals surface area (Å²) in [6.07, 6.45) is 8.47. The summed E-state index contributed by atoms with van der Waals surface area (Å²) in [7, 11) is 3.84. The third-order valence-electron chi connectivity index (χ3n) is 5.84. The quantitative estimate of drug-likeness (QED) is 0.627. The molecule has 3 aromatic rings. The highest BCUT2D eigenvalue weighted by molar-refractivity contribution is 5.50. The second kappa shape index (κ2) is 8.24. The van der Waals surface area contributed by atoms with Gasteiger partial charge in [-0.05, 0) is 56.6 Å². The van der Waals surface area contributed by atoms with Gasteiger partial charge in [-0.1, -0.05) is 5.16 Å². The Kier molecular flexibility index (Phi) is 5.54. The number of aromatic nitrogens is 4. The lowest BCUT2D eigenvalue weighted by atomic mass is 9.75. The van der Waals surface area contributed by atoms with E-state index in [-0.39, 0.29) is 5.41 Å². The summed E-state index contributed by atoms with van der Waals surface area (Å²) >= 11 is 0. The second-order valence-corrected chi connectivity index (χ2v) is 7.57. The highest BCUT2D eigenvalue weighted by Gasteiger charge is 2.40. The fourth-order valence-electron chi connectivity index (χ4n) is 3.96. The molecule has 7 heteroatoms. The minimum Gasteiger partial charge on any atom is -0.385 e. The predicted octanol–water partition coefficient (Wildman–Crippen LogP) is 3.04. The van der Waals surface area contributed by atoms with Crippen LogP contribution in [0.25, 0.3) is 11.5 Å². The molecule has 4 rings (SSSR count). The van der Waals surface area contributed by atoms with E-state index < -0.39 is 0 Å². The van der Waals surface area contributed by atoms with Gasteiger partial charge in [-0.25, -0.2) is 0 Å². The summed E-state index contributed by atoms with van der Waals surface area (Å²) in [6.45, 7) is 3.67. The third kappa shape index (κ3) is 3.86. The number of ether oxygens (including phenoxy) is 1. The first-order chi connectivity index (χ1) is 13.7. The van der Waals surface area contributed by atoms with Crippen LogP contribution in [0.5, 0.6) is 0 Å². The van der Waals surface area contributed by atoms with Crippen LogP contribution in [0.1, 0.15) is 30.8 Å². The number of likely N-dealkylation sites (tertiary alicyclic amines) is 1. The Bertz CT molecular complexity index is 881. The van der Waals surface area contributed by atoms with Gasteiger partial charge in [0.05, 0.1) is 5.56 Å². The summed E-state index contributed by atoms with van der Waals surface area (Å²) in [5.74, 6) is 1.33. The van der Waals surface area contributed by atoms with Gasteiger partial charge in [0.25, 0.3) is 5.89 Å². The van der Waals surface area contributed by atoms with Gasteiger partial charge in [-0.15, -0.1) is 0 Å². The fraction of sp³-hybridized carbons (Fsp3) is 0.476. The Morgan fingerprint density at radius 1 is 1.21 bits per heavy atom. The molecule has 0 saturated carbocycles. The summed E-state index contributed by atoms with van der Waals surface area (Å²) in [6, 6.07) is 8.10. The average molecular weight is 381 g/mol. The highest BCUT2D eigenvalue weighted by Crippen LogP contribution is 2.38. The van der Waals surface area contributed by atoms with Crippen molar-refractivity contribution in [3.8, 4) is 11.5 Å². The van der Waals surface area contributed by atoms with E-state index in [0.29, 0.717) is 12.5 Å². The molecular formula is C21H27N5O2. The normalized spacial score (nSPS) is 17.1. The van der Waals surface area contributed by atoms with E-state index in [2.05, 4.69) is 45.0 Å². The van der Waals surface area contributed by atoms with Crippen molar-refractivity contribution in [2.45, 2.75) is 31.2 Å². The van der Waals surface area contributed by atoms with E-state index in [1.54, 1.807) is 19.5 Å². The Balaban J connectivity index is 1.50. The van der Waals surface area contributed by atoms with E-state index >= 15 is 0 Å². The first kappa shape index (κ1) is 18.8. The molecule has 28 heavy (non-hydrogen) atoms. The SMILES string of the molecule is COCCC1(c2noc(-c3cccnc3)n2)CCN(Cc2cccn2C)CC1. The van der Waals surface area contributed by atoms with E-state index in [0.717, 1.165) is 50.3 Å². The van der Waals surface area contributed by atoms with Crippen LogP contribution < -0.4 is 0 Å². The van der Waals surface area contributed by atoms with Crippen molar-refractivity contribution >= 4 is 0 Å². The van der Waals surface area contributed by atoms with Crippen molar-refractivity contribution in [3.05, 3.63) is 54.4 Å². The molecule has 0 aromatic carbocycles. The van der Waals surface area contributed by atoms with Crippen LogP contribution in [-0.4, -0.2) is 51.4 Å². The number of nitrogens with zero attached hydrogens (tertiary/aromatic N) is 5. The molecule has 0 unspecified atom stereocenters. The van der Waals surface area contributed by atoms with Crippen molar-refractivity contribution in [2.24, 2.45) is 7.05 Å². The van der Waals surface area contributed by atoms with Crippen LogP contribution >= 0.6 is 0 Å². The maximum Gasteiger partial charge on any atom is 0.259 e. The summed E-state index contributed by atoms with van der Waals surface area (Å²) in [5, 5.41) is 4.36. The molecular weight excluding hydrogens is 354 g/mol. The molecule has 0 bridgehead atoms. The van der Waals surface area contributed by atoms with Gasteiger partial charge in [0, 0.05) is 57.0 Å². The largest absolute Gasteiger partial charge is 0.385 e. The van der Waals surface area contributed by atoms with Crippen molar-refractivity contribution in [3.63, 3.8) is 0 Å². The monoisotopic (exact) mass is 381 g/mol. The van der Waals surface area contributed by atoms with Crippen LogP contribution in [0, 0.1) is 0 Å². The van der Waals surface area contributed by atoms with Crippen LogP contribution in [0.4, 0.5) is 0 Å². The molecule has 0 N–H and O–H groups in total. The number of rotatable bonds is 7. The first-order valence-corrected chi connectivity index (χ1v) is 9.76. The summed E-state index contributed by atoms with van der Waals surface area (Å²) in [4.78, 5) is 11.4. The Labute approximate surface area is 165 Å². The van der Waals surface area contributed by atoms with E-state index in [4.69, 9.17) is 14.2 Å². The minimum absolute atomic E-state index is 0.106. The lowest BCUT2D eigenvalue weighted by molar-refractivity contribution is 0.102. The number of hydrogen-bond acceptors (Lipinski definition) is 6. The van der Waals surface area contributed by atoms with E-state index in [1.165, 1.54) is 5.69 Å². The number of aryl methyl sites for hydroxylation is 1. The molecule has 0 radical (unpaired) electrons. The summed E-state index contributed by atoms with van der Waals surface area (Å²) < 4.78 is 13.2. The van der Waals surface area contributed by atoms with Crippen LogP contribution in [0.15, 0.2) is 47.4 Å². The molecule has 1 aliphatic heterocycles. The zero-order chi connectivity index (χ0) is 19.4. The van der Waals surface area contributed by atoms with E-state index in [9.17, 15) is 0 Å².